The number of hydrogen-bond acceptors (Lipinski definition) is 1. The number of aromatic nitrogens is 1. The molecule has 0 amide bonds. The first-order chi connectivity index (χ1) is 7.20. The molecule has 3 heteroatoms. The van der Waals surface area contributed by atoms with Gasteiger partial charge in [-0.05, 0) is 40.5 Å². The minimum atomic E-state index is 0.0341. The van der Waals surface area contributed by atoms with E-state index < -0.39 is 0 Å². The van der Waals surface area contributed by atoms with Gasteiger partial charge in [-0.1, -0.05) is 12.1 Å². The summed E-state index contributed by atoms with van der Waals surface area (Å²) in [6.45, 7) is 1.97. The summed E-state index contributed by atoms with van der Waals surface area (Å²) in [4.78, 5) is 14.9. The summed E-state index contributed by atoms with van der Waals surface area (Å²) in [6.07, 6.45) is 3.45. The Balaban J connectivity index is 2.47. The molecule has 0 saturated heterocycles. The molecule has 0 aliphatic heterocycles. The molecular weight excluding hydrogens is 254 g/mol. The van der Waals surface area contributed by atoms with Crippen LogP contribution in [0.1, 0.15) is 21.5 Å². The van der Waals surface area contributed by atoms with E-state index in [-0.39, 0.29) is 5.78 Å². The fourth-order valence-electron chi connectivity index (χ4n) is 1.44. The van der Waals surface area contributed by atoms with E-state index in [0.717, 1.165) is 10.0 Å². The van der Waals surface area contributed by atoms with Crippen LogP contribution in [0.15, 0.2) is 41.1 Å². The molecule has 0 bridgehead atoms. The molecule has 2 aromatic rings. The third-order valence-electron chi connectivity index (χ3n) is 2.30. The van der Waals surface area contributed by atoms with Gasteiger partial charge in [0.25, 0.3) is 0 Å². The maximum Gasteiger partial charge on any atom is 0.195 e. The van der Waals surface area contributed by atoms with Crippen molar-refractivity contribution in [1.29, 1.82) is 0 Å². The van der Waals surface area contributed by atoms with Crippen LogP contribution in [0.5, 0.6) is 0 Å². The molecule has 0 atom stereocenters. The van der Waals surface area contributed by atoms with Crippen molar-refractivity contribution in [3.63, 3.8) is 0 Å². The molecule has 0 aliphatic rings. The first-order valence-corrected chi connectivity index (χ1v) is 5.42. The number of carbonyl (C=O) groups excluding carboxylic acids is 1. The minimum absolute atomic E-state index is 0.0341. The molecule has 2 rings (SSSR count). The van der Waals surface area contributed by atoms with Crippen LogP contribution in [0.3, 0.4) is 0 Å². The van der Waals surface area contributed by atoms with Crippen LogP contribution >= 0.6 is 15.9 Å². The van der Waals surface area contributed by atoms with Gasteiger partial charge in [-0.3, -0.25) is 4.79 Å². The predicted octanol–water partition coefficient (Wildman–Crippen LogP) is 3.32. The number of nitrogens with one attached hydrogen (secondary N) is 1. The molecule has 0 saturated carbocycles. The number of hydrogen-bond donors (Lipinski definition) is 1. The molecular formula is C12H10BrNO. The summed E-state index contributed by atoms with van der Waals surface area (Å²) >= 11 is 3.44. The topological polar surface area (TPSA) is 32.9 Å². The molecule has 1 heterocycles. The number of aromatic amines is 1. The number of rotatable bonds is 2. The lowest BCUT2D eigenvalue weighted by Crippen LogP contribution is -2.01. The van der Waals surface area contributed by atoms with Crippen LogP contribution in [-0.4, -0.2) is 10.8 Å². The summed E-state index contributed by atoms with van der Waals surface area (Å²) in [5, 5.41) is 0. The highest BCUT2D eigenvalue weighted by molar-refractivity contribution is 9.10. The monoisotopic (exact) mass is 263 g/mol. The average Bonchev–Trinajstić information content (AvgIpc) is 2.74. The van der Waals surface area contributed by atoms with Crippen LogP contribution in [-0.2, 0) is 0 Å². The second-order valence-electron chi connectivity index (χ2n) is 3.37. The number of halogens is 1. The van der Waals surface area contributed by atoms with E-state index in [2.05, 4.69) is 20.9 Å². The maximum absolute atomic E-state index is 12.0. The fourth-order valence-corrected chi connectivity index (χ4v) is 1.89. The smallest absolute Gasteiger partial charge is 0.195 e. The van der Waals surface area contributed by atoms with E-state index in [0.29, 0.717) is 11.1 Å². The Kier molecular flexibility index (Phi) is 2.73. The standard InChI is InChI=1S/C12H10BrNO/c1-8-3-2-4-10(11(8)13)12(15)9-5-6-14-7-9/h2-7,14H,1H3. The van der Waals surface area contributed by atoms with Gasteiger partial charge in [0, 0.05) is 28.0 Å². The Labute approximate surface area is 96.5 Å². The van der Waals surface area contributed by atoms with Gasteiger partial charge in [0.05, 0.1) is 0 Å². The van der Waals surface area contributed by atoms with Gasteiger partial charge in [0.2, 0.25) is 0 Å². The van der Waals surface area contributed by atoms with Crippen molar-refractivity contribution in [1.82, 2.24) is 4.98 Å². The van der Waals surface area contributed by atoms with Crippen molar-refractivity contribution in [2.24, 2.45) is 0 Å². The van der Waals surface area contributed by atoms with Crippen molar-refractivity contribution in [2.45, 2.75) is 6.92 Å². The summed E-state index contributed by atoms with van der Waals surface area (Å²) in [7, 11) is 0. The average molecular weight is 264 g/mol. The van der Waals surface area contributed by atoms with E-state index in [1.165, 1.54) is 0 Å². The van der Waals surface area contributed by atoms with E-state index in [9.17, 15) is 4.79 Å². The summed E-state index contributed by atoms with van der Waals surface area (Å²) < 4.78 is 0.871. The molecule has 0 unspecified atom stereocenters. The molecule has 15 heavy (non-hydrogen) atoms. The number of carbonyl (C=O) groups is 1. The van der Waals surface area contributed by atoms with E-state index in [1.54, 1.807) is 18.5 Å². The van der Waals surface area contributed by atoms with Crippen molar-refractivity contribution in [3.05, 3.63) is 57.8 Å². The van der Waals surface area contributed by atoms with E-state index in [1.807, 2.05) is 25.1 Å². The second kappa shape index (κ2) is 4.03. The lowest BCUT2D eigenvalue weighted by atomic mass is 10.0. The normalized spacial score (nSPS) is 10.3. The summed E-state index contributed by atoms with van der Waals surface area (Å²) in [5.74, 6) is 0.0341. The molecule has 0 radical (unpaired) electrons. The van der Waals surface area contributed by atoms with Crippen molar-refractivity contribution < 1.29 is 4.79 Å². The molecule has 1 aromatic carbocycles. The van der Waals surface area contributed by atoms with Crippen LogP contribution in [0.25, 0.3) is 0 Å². The quantitative estimate of drug-likeness (QED) is 0.829. The molecule has 0 aliphatic carbocycles. The molecule has 1 N–H and O–H groups in total. The largest absolute Gasteiger partial charge is 0.367 e. The van der Waals surface area contributed by atoms with Gasteiger partial charge in [-0.25, -0.2) is 0 Å². The lowest BCUT2D eigenvalue weighted by Gasteiger charge is -2.04. The molecule has 1 aromatic heterocycles. The van der Waals surface area contributed by atoms with E-state index >= 15 is 0 Å². The van der Waals surface area contributed by atoms with Gasteiger partial charge in [-0.15, -0.1) is 0 Å². The van der Waals surface area contributed by atoms with Crippen LogP contribution in [0.4, 0.5) is 0 Å². The maximum atomic E-state index is 12.0. The van der Waals surface area contributed by atoms with Crippen LogP contribution in [0, 0.1) is 6.92 Å². The zero-order valence-electron chi connectivity index (χ0n) is 8.25. The van der Waals surface area contributed by atoms with Crippen molar-refractivity contribution >= 4 is 21.7 Å². The summed E-state index contributed by atoms with van der Waals surface area (Å²) in [5.41, 5.74) is 2.45. The van der Waals surface area contributed by atoms with Crippen molar-refractivity contribution in [2.75, 3.05) is 0 Å². The molecule has 2 nitrogen and oxygen atoms in total. The van der Waals surface area contributed by atoms with Crippen molar-refractivity contribution in [3.8, 4) is 0 Å². The Morgan fingerprint density at radius 1 is 1.33 bits per heavy atom. The van der Waals surface area contributed by atoms with Crippen LogP contribution in [0.2, 0.25) is 0 Å². The fraction of sp³-hybridized carbons (Fsp3) is 0.0833. The highest BCUT2D eigenvalue weighted by Crippen LogP contribution is 2.23. The van der Waals surface area contributed by atoms with Gasteiger partial charge in [0.15, 0.2) is 5.78 Å². The van der Waals surface area contributed by atoms with Gasteiger partial charge in [-0.2, -0.15) is 0 Å². The zero-order valence-corrected chi connectivity index (χ0v) is 9.84. The Bertz CT molecular complexity index is 488. The molecule has 0 fully saturated rings. The van der Waals surface area contributed by atoms with Gasteiger partial charge >= 0.3 is 0 Å². The third-order valence-corrected chi connectivity index (χ3v) is 3.35. The molecule has 0 spiro atoms. The number of aryl methyl sites for hydroxylation is 1. The number of ketones is 1. The van der Waals surface area contributed by atoms with E-state index in [4.69, 9.17) is 0 Å². The SMILES string of the molecule is Cc1cccc(C(=O)c2cc[nH]c2)c1Br. The summed E-state index contributed by atoms with van der Waals surface area (Å²) in [6, 6.07) is 7.46. The third kappa shape index (κ3) is 1.88. The number of benzene rings is 1. The highest BCUT2D eigenvalue weighted by atomic mass is 79.9. The first kappa shape index (κ1) is 10.2. The van der Waals surface area contributed by atoms with Crippen LogP contribution < -0.4 is 0 Å². The predicted molar refractivity (Wildman–Crippen MR) is 63.1 cm³/mol. The minimum Gasteiger partial charge on any atom is -0.367 e. The first-order valence-electron chi connectivity index (χ1n) is 4.63. The Morgan fingerprint density at radius 2 is 2.13 bits per heavy atom. The van der Waals surface area contributed by atoms with Gasteiger partial charge < -0.3 is 4.98 Å². The Morgan fingerprint density at radius 3 is 2.80 bits per heavy atom. The Hall–Kier alpha value is -1.35. The number of H-pyrrole nitrogens is 1. The molecule has 76 valence electrons. The lowest BCUT2D eigenvalue weighted by molar-refractivity contribution is 0.103. The zero-order chi connectivity index (χ0) is 10.8. The van der Waals surface area contributed by atoms with Gasteiger partial charge in [0.1, 0.15) is 0 Å². The highest BCUT2D eigenvalue weighted by Gasteiger charge is 2.13. The second-order valence-corrected chi connectivity index (χ2v) is 4.16.